The number of aromatic hydroxyl groups is 1. The third-order valence-corrected chi connectivity index (χ3v) is 2.95. The molecule has 0 unspecified atom stereocenters. The molecule has 0 atom stereocenters. The minimum atomic E-state index is 0.433. The molecule has 3 N–H and O–H groups in total. The molecule has 0 amide bonds. The van der Waals surface area contributed by atoms with Crippen LogP contribution in [0.15, 0.2) is 24.3 Å². The van der Waals surface area contributed by atoms with Crippen LogP contribution in [0.4, 0.5) is 0 Å². The highest BCUT2D eigenvalue weighted by atomic mass is 16.3. The third-order valence-electron chi connectivity index (χ3n) is 2.95. The van der Waals surface area contributed by atoms with Crippen molar-refractivity contribution in [3.63, 3.8) is 0 Å². The summed E-state index contributed by atoms with van der Waals surface area (Å²) in [5, 5.41) is 9.57. The molecule has 0 spiro atoms. The highest BCUT2D eigenvalue weighted by molar-refractivity contribution is 5.36. The average molecular weight is 177 g/mol. The van der Waals surface area contributed by atoms with Crippen LogP contribution >= 0.6 is 0 Å². The van der Waals surface area contributed by atoms with E-state index in [2.05, 4.69) is 0 Å². The Labute approximate surface area is 78.4 Å². The van der Waals surface area contributed by atoms with E-state index >= 15 is 0 Å². The van der Waals surface area contributed by atoms with Gasteiger partial charge in [0.05, 0.1) is 0 Å². The summed E-state index contributed by atoms with van der Waals surface area (Å²) >= 11 is 0. The fraction of sp³-hybridized carbons (Fsp3) is 0.455. The van der Waals surface area contributed by atoms with Gasteiger partial charge in [-0.25, -0.2) is 0 Å². The van der Waals surface area contributed by atoms with Crippen LogP contribution in [0.1, 0.15) is 24.3 Å². The lowest BCUT2D eigenvalue weighted by atomic mass is 9.71. The summed E-state index contributed by atoms with van der Waals surface area (Å²) in [6.45, 7) is 0.782. The van der Waals surface area contributed by atoms with Crippen LogP contribution in [-0.2, 0) is 0 Å². The van der Waals surface area contributed by atoms with Crippen LogP contribution in [0, 0.1) is 5.92 Å². The number of phenolic OH excluding ortho intramolecular Hbond substituents is 1. The first-order valence-electron chi connectivity index (χ1n) is 4.79. The summed E-state index contributed by atoms with van der Waals surface area (Å²) in [4.78, 5) is 0. The molecule has 0 bridgehead atoms. The van der Waals surface area contributed by atoms with Crippen molar-refractivity contribution in [2.24, 2.45) is 11.7 Å². The summed E-state index contributed by atoms with van der Waals surface area (Å²) in [5.41, 5.74) is 6.64. The van der Waals surface area contributed by atoms with Gasteiger partial charge in [-0.05, 0) is 42.9 Å². The van der Waals surface area contributed by atoms with Crippen LogP contribution in [0.3, 0.4) is 0 Å². The van der Waals surface area contributed by atoms with Gasteiger partial charge >= 0.3 is 0 Å². The van der Waals surface area contributed by atoms with Crippen molar-refractivity contribution in [2.45, 2.75) is 18.8 Å². The molecule has 1 saturated carbocycles. The maximum atomic E-state index is 9.57. The van der Waals surface area contributed by atoms with E-state index < -0.39 is 0 Å². The first kappa shape index (κ1) is 8.57. The van der Waals surface area contributed by atoms with Gasteiger partial charge in [-0.1, -0.05) is 18.2 Å². The SMILES string of the molecule is NCC1CC(c2ccccc2O)C1. The Morgan fingerprint density at radius 3 is 2.62 bits per heavy atom. The van der Waals surface area contributed by atoms with E-state index in [1.54, 1.807) is 6.07 Å². The largest absolute Gasteiger partial charge is 0.508 e. The number of nitrogens with two attached hydrogens (primary N) is 1. The number of rotatable bonds is 2. The molecule has 1 aromatic carbocycles. The molecular formula is C11H15NO. The molecule has 13 heavy (non-hydrogen) atoms. The molecule has 2 heteroatoms. The Morgan fingerprint density at radius 2 is 2.00 bits per heavy atom. The maximum absolute atomic E-state index is 9.57. The Balaban J connectivity index is 2.07. The van der Waals surface area contributed by atoms with Crippen molar-refractivity contribution in [3.05, 3.63) is 29.8 Å². The fourth-order valence-corrected chi connectivity index (χ4v) is 2.01. The van der Waals surface area contributed by atoms with Gasteiger partial charge < -0.3 is 10.8 Å². The average Bonchev–Trinajstić information content (AvgIpc) is 2.06. The fourth-order valence-electron chi connectivity index (χ4n) is 2.01. The Morgan fingerprint density at radius 1 is 1.31 bits per heavy atom. The molecule has 0 radical (unpaired) electrons. The second-order valence-corrected chi connectivity index (χ2v) is 3.83. The van der Waals surface area contributed by atoms with Crippen molar-refractivity contribution in [2.75, 3.05) is 6.54 Å². The predicted molar refractivity (Wildman–Crippen MR) is 52.6 cm³/mol. The van der Waals surface area contributed by atoms with Gasteiger partial charge in [-0.15, -0.1) is 0 Å². The van der Waals surface area contributed by atoms with Gasteiger partial charge in [0, 0.05) is 0 Å². The van der Waals surface area contributed by atoms with E-state index in [9.17, 15) is 5.11 Å². The Bertz CT molecular complexity index is 292. The smallest absolute Gasteiger partial charge is 0.119 e. The molecule has 0 aliphatic heterocycles. The van der Waals surface area contributed by atoms with Gasteiger partial charge in [0.25, 0.3) is 0 Å². The van der Waals surface area contributed by atoms with Gasteiger partial charge in [-0.2, -0.15) is 0 Å². The monoisotopic (exact) mass is 177 g/mol. The summed E-state index contributed by atoms with van der Waals surface area (Å²) < 4.78 is 0. The second-order valence-electron chi connectivity index (χ2n) is 3.83. The predicted octanol–water partition coefficient (Wildman–Crippen LogP) is 1.84. The van der Waals surface area contributed by atoms with E-state index in [4.69, 9.17) is 5.73 Å². The van der Waals surface area contributed by atoms with Gasteiger partial charge in [0.2, 0.25) is 0 Å². The van der Waals surface area contributed by atoms with Crippen molar-refractivity contribution < 1.29 is 5.11 Å². The lowest BCUT2D eigenvalue weighted by molar-refractivity contribution is 0.266. The standard InChI is InChI=1S/C11H15NO/c12-7-8-5-9(6-8)10-3-1-2-4-11(10)13/h1-4,8-9,13H,5-7,12H2. The van der Waals surface area contributed by atoms with E-state index in [-0.39, 0.29) is 0 Å². The Hall–Kier alpha value is -1.02. The summed E-state index contributed by atoms with van der Waals surface area (Å²) in [6.07, 6.45) is 2.27. The topological polar surface area (TPSA) is 46.2 Å². The van der Waals surface area contributed by atoms with E-state index in [0.717, 1.165) is 24.9 Å². The van der Waals surface area contributed by atoms with Crippen LogP contribution < -0.4 is 5.73 Å². The van der Waals surface area contributed by atoms with Gasteiger partial charge in [0.1, 0.15) is 5.75 Å². The van der Waals surface area contributed by atoms with Crippen LogP contribution in [0.5, 0.6) is 5.75 Å². The van der Waals surface area contributed by atoms with E-state index in [0.29, 0.717) is 17.6 Å². The molecule has 70 valence electrons. The number of phenols is 1. The molecular weight excluding hydrogens is 162 g/mol. The minimum absolute atomic E-state index is 0.433. The zero-order valence-corrected chi connectivity index (χ0v) is 7.61. The molecule has 1 aliphatic rings. The number of benzene rings is 1. The first-order chi connectivity index (χ1) is 6.31. The van der Waals surface area contributed by atoms with Crippen LogP contribution in [-0.4, -0.2) is 11.7 Å². The zero-order valence-electron chi connectivity index (χ0n) is 7.61. The van der Waals surface area contributed by atoms with Gasteiger partial charge in [-0.3, -0.25) is 0 Å². The third kappa shape index (κ3) is 1.54. The number of hydrogen-bond donors (Lipinski definition) is 2. The van der Waals surface area contributed by atoms with Crippen molar-refractivity contribution in [3.8, 4) is 5.75 Å². The molecule has 1 fully saturated rings. The molecule has 0 saturated heterocycles. The van der Waals surface area contributed by atoms with Crippen LogP contribution in [0.2, 0.25) is 0 Å². The minimum Gasteiger partial charge on any atom is -0.508 e. The van der Waals surface area contributed by atoms with Crippen molar-refractivity contribution in [1.82, 2.24) is 0 Å². The van der Waals surface area contributed by atoms with Crippen LogP contribution in [0.25, 0.3) is 0 Å². The molecule has 2 nitrogen and oxygen atoms in total. The number of para-hydroxylation sites is 1. The summed E-state index contributed by atoms with van der Waals surface area (Å²) in [7, 11) is 0. The Kier molecular flexibility index (Phi) is 2.23. The molecule has 2 rings (SSSR count). The normalized spacial score (nSPS) is 26.8. The number of hydrogen-bond acceptors (Lipinski definition) is 2. The maximum Gasteiger partial charge on any atom is 0.119 e. The quantitative estimate of drug-likeness (QED) is 0.724. The summed E-state index contributed by atoms with van der Waals surface area (Å²) in [5.74, 6) is 1.64. The molecule has 0 heterocycles. The lowest BCUT2D eigenvalue weighted by Crippen LogP contribution is -2.28. The second kappa shape index (κ2) is 3.38. The molecule has 1 aromatic rings. The molecule has 1 aliphatic carbocycles. The van der Waals surface area contributed by atoms with E-state index in [1.165, 1.54) is 0 Å². The van der Waals surface area contributed by atoms with E-state index in [1.807, 2.05) is 18.2 Å². The molecule has 0 aromatic heterocycles. The highest BCUT2D eigenvalue weighted by Crippen LogP contribution is 2.43. The van der Waals surface area contributed by atoms with Crippen molar-refractivity contribution in [1.29, 1.82) is 0 Å². The highest BCUT2D eigenvalue weighted by Gasteiger charge is 2.30. The lowest BCUT2D eigenvalue weighted by Gasteiger charge is -2.35. The summed E-state index contributed by atoms with van der Waals surface area (Å²) in [6, 6.07) is 7.60. The zero-order chi connectivity index (χ0) is 9.26. The first-order valence-corrected chi connectivity index (χ1v) is 4.79. The van der Waals surface area contributed by atoms with Gasteiger partial charge in [0.15, 0.2) is 0 Å². The van der Waals surface area contributed by atoms with Crippen molar-refractivity contribution >= 4 is 0 Å².